The minimum atomic E-state index is -0.444. The van der Waals surface area contributed by atoms with E-state index in [1.807, 2.05) is 0 Å². The number of anilines is 3. The van der Waals surface area contributed by atoms with Gasteiger partial charge in [-0.25, -0.2) is 0 Å². The van der Waals surface area contributed by atoms with Crippen molar-refractivity contribution in [2.45, 2.75) is 24.7 Å². The molecule has 11 aromatic rings. The second kappa shape index (κ2) is 13.7. The van der Waals surface area contributed by atoms with Crippen molar-refractivity contribution in [3.63, 3.8) is 0 Å². The number of hydrogen-bond donors (Lipinski definition) is 0. The van der Waals surface area contributed by atoms with E-state index in [0.29, 0.717) is 0 Å². The fourth-order valence-electron chi connectivity index (χ4n) is 12.5. The highest BCUT2D eigenvalue weighted by Gasteiger charge is 2.52. The Hall–Kier alpha value is -8.20. The lowest BCUT2D eigenvalue weighted by Crippen LogP contribution is -2.26. The van der Waals surface area contributed by atoms with Crippen LogP contribution in [0.5, 0.6) is 0 Å². The molecule has 0 saturated heterocycles. The zero-order valence-electron chi connectivity index (χ0n) is 36.8. The van der Waals surface area contributed by atoms with E-state index >= 15 is 0 Å². The van der Waals surface area contributed by atoms with Crippen LogP contribution in [0.2, 0.25) is 0 Å². The summed E-state index contributed by atoms with van der Waals surface area (Å²) in [5.41, 5.74) is 24.8. The van der Waals surface area contributed by atoms with Crippen molar-refractivity contribution in [2.75, 3.05) is 4.90 Å². The summed E-state index contributed by atoms with van der Waals surface area (Å²) in [7, 11) is 0. The summed E-state index contributed by atoms with van der Waals surface area (Å²) in [5.74, 6) is 0. The SMILES string of the molecule is CC1(C)c2ccccc2-c2c(N(c3ccc(-c4ccc5c(c4)c4ccccc4n5-c4ccccc4)cc3)c3cccc4c3-c3ccccc3C43c4ccccc4-c4ccccc43)cccc21. The maximum atomic E-state index is 2.57. The van der Waals surface area contributed by atoms with Gasteiger partial charge in [-0.2, -0.15) is 0 Å². The topological polar surface area (TPSA) is 8.17 Å². The fraction of sp³-hybridized carbons (Fsp3) is 0.0625. The van der Waals surface area contributed by atoms with E-state index in [1.165, 1.54) is 117 Å². The lowest BCUT2D eigenvalue weighted by molar-refractivity contribution is 0.660. The number of nitrogens with zero attached hydrogens (tertiary/aromatic N) is 2. The van der Waals surface area contributed by atoms with E-state index in [0.717, 1.165) is 5.69 Å². The molecule has 310 valence electrons. The van der Waals surface area contributed by atoms with Gasteiger partial charge < -0.3 is 9.47 Å². The zero-order valence-corrected chi connectivity index (χ0v) is 36.8. The van der Waals surface area contributed by atoms with Gasteiger partial charge in [0.25, 0.3) is 0 Å². The molecule has 0 saturated carbocycles. The van der Waals surface area contributed by atoms with Crippen LogP contribution >= 0.6 is 0 Å². The Labute approximate surface area is 385 Å². The first kappa shape index (κ1) is 37.2. The first-order valence-corrected chi connectivity index (χ1v) is 23.2. The van der Waals surface area contributed by atoms with Gasteiger partial charge in [0.15, 0.2) is 0 Å². The van der Waals surface area contributed by atoms with Crippen LogP contribution in [0, 0.1) is 0 Å². The van der Waals surface area contributed by atoms with Crippen molar-refractivity contribution in [1.82, 2.24) is 4.57 Å². The van der Waals surface area contributed by atoms with Gasteiger partial charge in [0.2, 0.25) is 0 Å². The van der Waals surface area contributed by atoms with E-state index in [2.05, 4.69) is 254 Å². The van der Waals surface area contributed by atoms with Gasteiger partial charge in [-0.1, -0.05) is 190 Å². The van der Waals surface area contributed by atoms with Crippen molar-refractivity contribution in [1.29, 1.82) is 0 Å². The molecule has 0 N–H and O–H groups in total. The maximum Gasteiger partial charge on any atom is 0.0726 e. The van der Waals surface area contributed by atoms with Crippen LogP contribution in [0.25, 0.3) is 72.0 Å². The van der Waals surface area contributed by atoms with Crippen LogP contribution in [0.15, 0.2) is 231 Å². The normalized spacial score (nSPS) is 14.2. The number of benzene rings is 10. The van der Waals surface area contributed by atoms with Gasteiger partial charge in [-0.15, -0.1) is 0 Å². The third-order valence-corrected chi connectivity index (χ3v) is 15.2. The molecule has 2 nitrogen and oxygen atoms in total. The second-order valence-corrected chi connectivity index (χ2v) is 18.8. The molecule has 14 rings (SSSR count). The summed E-state index contributed by atoms with van der Waals surface area (Å²) in [5, 5.41) is 2.51. The van der Waals surface area contributed by atoms with Crippen molar-refractivity contribution >= 4 is 38.9 Å². The van der Waals surface area contributed by atoms with Crippen molar-refractivity contribution < 1.29 is 0 Å². The summed E-state index contributed by atoms with van der Waals surface area (Å²) in [4.78, 5) is 2.57. The number of aromatic nitrogens is 1. The Kier molecular flexibility index (Phi) is 7.70. The quantitative estimate of drug-likeness (QED) is 0.168. The third-order valence-electron chi connectivity index (χ3n) is 15.2. The molecule has 3 aliphatic carbocycles. The predicted octanol–water partition coefficient (Wildman–Crippen LogP) is 16.6. The van der Waals surface area contributed by atoms with Gasteiger partial charge >= 0.3 is 0 Å². The van der Waals surface area contributed by atoms with Gasteiger partial charge in [-0.05, 0) is 121 Å². The molecule has 3 aliphatic rings. The summed E-state index contributed by atoms with van der Waals surface area (Å²) in [6, 6.07) is 86.2. The number of fused-ring (bicyclic) bond motifs is 16. The molecule has 1 aromatic heterocycles. The van der Waals surface area contributed by atoms with Gasteiger partial charge in [0, 0.05) is 38.7 Å². The summed E-state index contributed by atoms with van der Waals surface area (Å²) < 4.78 is 2.39. The molecule has 1 heterocycles. The smallest absolute Gasteiger partial charge is 0.0726 e. The highest BCUT2D eigenvalue weighted by Crippen LogP contribution is 2.65. The van der Waals surface area contributed by atoms with Crippen LogP contribution in [0.1, 0.15) is 47.2 Å². The van der Waals surface area contributed by atoms with Gasteiger partial charge in [0.1, 0.15) is 0 Å². The van der Waals surface area contributed by atoms with Crippen molar-refractivity contribution in [3.05, 3.63) is 264 Å². The van der Waals surface area contributed by atoms with Crippen molar-refractivity contribution in [3.8, 4) is 50.2 Å². The Morgan fingerprint density at radius 3 is 1.52 bits per heavy atom. The molecule has 66 heavy (non-hydrogen) atoms. The molecular weight excluding hydrogens is 797 g/mol. The van der Waals surface area contributed by atoms with E-state index in [4.69, 9.17) is 0 Å². The fourth-order valence-corrected chi connectivity index (χ4v) is 12.5. The number of hydrogen-bond acceptors (Lipinski definition) is 1. The molecule has 0 bridgehead atoms. The Morgan fingerprint density at radius 2 is 0.833 bits per heavy atom. The van der Waals surface area contributed by atoms with E-state index < -0.39 is 5.41 Å². The highest BCUT2D eigenvalue weighted by molar-refractivity contribution is 6.11. The average Bonchev–Trinajstić information content (AvgIpc) is 4.05. The van der Waals surface area contributed by atoms with Crippen LogP contribution in [0.4, 0.5) is 17.1 Å². The predicted molar refractivity (Wildman–Crippen MR) is 275 cm³/mol. The molecule has 0 unspecified atom stereocenters. The molecule has 10 aromatic carbocycles. The standard InChI is InChI=1S/C64H44N2/c1-63(2)51-25-11-8-23-48(51)61-55(63)29-16-32-59(61)66(44-37-34-41(35-38-44)42-36-39-58-50(40-42)47-22-10-15-31-57(47)65(58)43-18-4-3-5-19-43)60-33-17-30-56-62(60)49-24-9-14-28-54(49)64(56)52-26-12-6-20-45(52)46-21-7-13-27-53(46)64/h3-40H,1-2H3. The first-order valence-electron chi connectivity index (χ1n) is 23.2. The first-order chi connectivity index (χ1) is 32.5. The molecule has 0 amide bonds. The Bertz CT molecular complexity index is 3750. The monoisotopic (exact) mass is 840 g/mol. The minimum Gasteiger partial charge on any atom is -0.309 e. The molecular formula is C64H44N2. The van der Waals surface area contributed by atoms with Crippen LogP contribution in [-0.2, 0) is 10.8 Å². The molecule has 1 spiro atoms. The van der Waals surface area contributed by atoms with E-state index in [9.17, 15) is 0 Å². The molecule has 0 atom stereocenters. The van der Waals surface area contributed by atoms with Gasteiger partial charge in [0.05, 0.1) is 27.8 Å². The van der Waals surface area contributed by atoms with Crippen LogP contribution in [-0.4, -0.2) is 4.57 Å². The minimum absolute atomic E-state index is 0.147. The summed E-state index contributed by atoms with van der Waals surface area (Å²) >= 11 is 0. The second-order valence-electron chi connectivity index (χ2n) is 18.8. The lowest BCUT2D eigenvalue weighted by atomic mass is 9.70. The molecule has 0 radical (unpaired) electrons. The highest BCUT2D eigenvalue weighted by atomic mass is 15.1. The largest absolute Gasteiger partial charge is 0.309 e. The van der Waals surface area contributed by atoms with Gasteiger partial charge in [-0.3, -0.25) is 0 Å². The molecule has 0 fully saturated rings. The van der Waals surface area contributed by atoms with Crippen molar-refractivity contribution in [2.24, 2.45) is 0 Å². The number of rotatable bonds is 5. The van der Waals surface area contributed by atoms with Crippen LogP contribution in [0.3, 0.4) is 0 Å². The molecule has 0 aliphatic heterocycles. The summed E-state index contributed by atoms with van der Waals surface area (Å²) in [6.07, 6.45) is 0. The Morgan fingerprint density at radius 1 is 0.348 bits per heavy atom. The summed E-state index contributed by atoms with van der Waals surface area (Å²) in [6.45, 7) is 4.76. The van der Waals surface area contributed by atoms with E-state index in [1.54, 1.807) is 0 Å². The average molecular weight is 841 g/mol. The Balaban J connectivity index is 0.998. The molecule has 2 heteroatoms. The third kappa shape index (κ3) is 4.85. The number of para-hydroxylation sites is 2. The van der Waals surface area contributed by atoms with Crippen LogP contribution < -0.4 is 4.90 Å². The maximum absolute atomic E-state index is 2.57. The van der Waals surface area contributed by atoms with E-state index in [-0.39, 0.29) is 5.41 Å². The zero-order chi connectivity index (χ0) is 43.7. The lowest BCUT2D eigenvalue weighted by Gasteiger charge is -2.32.